The number of amides is 2. The fourth-order valence-corrected chi connectivity index (χ4v) is 2.45. The van der Waals surface area contributed by atoms with Gasteiger partial charge in [0.05, 0.1) is 29.2 Å². The quantitative estimate of drug-likeness (QED) is 0.583. The normalized spacial score (nSPS) is 10.6. The Morgan fingerprint density at radius 2 is 1.50 bits per heavy atom. The first kappa shape index (κ1) is 15.6. The Hall–Kier alpha value is -3.87. The molecule has 0 spiro atoms. The number of hydrogen-bond donors (Lipinski definition) is 2. The minimum atomic E-state index is -0.297. The molecule has 0 atom stereocenters. The summed E-state index contributed by atoms with van der Waals surface area (Å²) in [6.07, 6.45) is 5.62. The molecule has 0 aliphatic rings. The Bertz CT molecular complexity index is 982. The first-order valence-corrected chi connectivity index (χ1v) is 7.77. The van der Waals surface area contributed by atoms with Crippen molar-refractivity contribution < 1.29 is 18.4 Å². The molecule has 2 N–H and O–H groups in total. The standard InChI is InChI=1S/C19H13N3O4/c23-18(13-5-7-25-10-13)20-15-2-3-16-12(9-15)1-4-17(21-16)22-19(24)14-6-8-26-11-14/h1-11H,(H,20,23)(H,21,22,24). The number of pyridine rings is 1. The number of rotatable bonds is 4. The molecule has 128 valence electrons. The van der Waals surface area contributed by atoms with Crippen molar-refractivity contribution in [1.82, 2.24) is 4.98 Å². The van der Waals surface area contributed by atoms with Gasteiger partial charge in [0.15, 0.2) is 0 Å². The first-order chi connectivity index (χ1) is 12.7. The van der Waals surface area contributed by atoms with Gasteiger partial charge in [0, 0.05) is 11.1 Å². The van der Waals surface area contributed by atoms with Crippen LogP contribution in [0.5, 0.6) is 0 Å². The van der Waals surface area contributed by atoms with Crippen LogP contribution in [0.15, 0.2) is 76.4 Å². The second kappa shape index (κ2) is 6.56. The van der Waals surface area contributed by atoms with Crippen LogP contribution in [0.2, 0.25) is 0 Å². The topological polar surface area (TPSA) is 97.4 Å². The van der Waals surface area contributed by atoms with Crippen molar-refractivity contribution in [3.8, 4) is 0 Å². The SMILES string of the molecule is O=C(Nc1ccc2nc(NC(=O)c3ccoc3)ccc2c1)c1ccoc1. The molecule has 0 aliphatic carbocycles. The zero-order chi connectivity index (χ0) is 17.9. The van der Waals surface area contributed by atoms with Gasteiger partial charge >= 0.3 is 0 Å². The molecule has 7 nitrogen and oxygen atoms in total. The summed E-state index contributed by atoms with van der Waals surface area (Å²) in [4.78, 5) is 28.5. The highest BCUT2D eigenvalue weighted by molar-refractivity contribution is 6.05. The van der Waals surface area contributed by atoms with Crippen molar-refractivity contribution in [2.75, 3.05) is 10.6 Å². The Morgan fingerprint density at radius 3 is 2.15 bits per heavy atom. The van der Waals surface area contributed by atoms with Gasteiger partial charge in [-0.1, -0.05) is 0 Å². The number of anilines is 2. The number of nitrogens with zero attached hydrogens (tertiary/aromatic N) is 1. The van der Waals surface area contributed by atoms with Crippen molar-refractivity contribution in [2.24, 2.45) is 0 Å². The molecule has 26 heavy (non-hydrogen) atoms. The van der Waals surface area contributed by atoms with Crippen LogP contribution < -0.4 is 10.6 Å². The predicted molar refractivity (Wildman–Crippen MR) is 95.1 cm³/mol. The van der Waals surface area contributed by atoms with Gasteiger partial charge in [-0.25, -0.2) is 4.98 Å². The summed E-state index contributed by atoms with van der Waals surface area (Å²) >= 11 is 0. The minimum Gasteiger partial charge on any atom is -0.472 e. The maximum absolute atomic E-state index is 12.1. The largest absolute Gasteiger partial charge is 0.472 e. The van der Waals surface area contributed by atoms with E-state index >= 15 is 0 Å². The molecule has 0 saturated carbocycles. The molecule has 0 unspecified atom stereocenters. The third kappa shape index (κ3) is 3.18. The zero-order valence-electron chi connectivity index (χ0n) is 13.4. The van der Waals surface area contributed by atoms with Crippen molar-refractivity contribution in [3.63, 3.8) is 0 Å². The van der Waals surface area contributed by atoms with E-state index in [1.165, 1.54) is 25.1 Å². The van der Waals surface area contributed by atoms with Crippen LogP contribution in [0.1, 0.15) is 20.7 Å². The number of furan rings is 2. The van der Waals surface area contributed by atoms with Crippen LogP contribution in [-0.4, -0.2) is 16.8 Å². The molecular formula is C19H13N3O4. The number of carbonyl (C=O) groups excluding carboxylic acids is 2. The highest BCUT2D eigenvalue weighted by Gasteiger charge is 2.10. The second-order valence-electron chi connectivity index (χ2n) is 5.54. The first-order valence-electron chi connectivity index (χ1n) is 7.77. The Labute approximate surface area is 147 Å². The third-order valence-corrected chi connectivity index (χ3v) is 3.76. The number of benzene rings is 1. The molecule has 0 radical (unpaired) electrons. The maximum atomic E-state index is 12.1. The average molecular weight is 347 g/mol. The summed E-state index contributed by atoms with van der Waals surface area (Å²) < 4.78 is 9.80. The highest BCUT2D eigenvalue weighted by Crippen LogP contribution is 2.21. The summed E-state index contributed by atoms with van der Waals surface area (Å²) in [5.41, 5.74) is 2.20. The van der Waals surface area contributed by atoms with Crippen LogP contribution in [-0.2, 0) is 0 Å². The fraction of sp³-hybridized carbons (Fsp3) is 0. The van der Waals surface area contributed by atoms with E-state index in [1.807, 2.05) is 12.1 Å². The lowest BCUT2D eigenvalue weighted by atomic mass is 10.2. The summed E-state index contributed by atoms with van der Waals surface area (Å²) in [5, 5.41) is 6.34. The van der Waals surface area contributed by atoms with Crippen LogP contribution in [0.3, 0.4) is 0 Å². The zero-order valence-corrected chi connectivity index (χ0v) is 13.4. The van der Waals surface area contributed by atoms with Gasteiger partial charge in [0.1, 0.15) is 18.3 Å². The average Bonchev–Trinajstić information content (AvgIpc) is 3.35. The molecule has 4 aromatic rings. The van der Waals surface area contributed by atoms with Crippen LogP contribution >= 0.6 is 0 Å². The van der Waals surface area contributed by atoms with Gasteiger partial charge in [-0.2, -0.15) is 0 Å². The van der Waals surface area contributed by atoms with Gasteiger partial charge < -0.3 is 19.5 Å². The van der Waals surface area contributed by atoms with E-state index in [2.05, 4.69) is 15.6 Å². The number of nitrogens with one attached hydrogen (secondary N) is 2. The van der Waals surface area contributed by atoms with E-state index in [9.17, 15) is 9.59 Å². The van der Waals surface area contributed by atoms with Crippen LogP contribution in [0.25, 0.3) is 10.9 Å². The molecule has 2 amide bonds. The lowest BCUT2D eigenvalue weighted by Crippen LogP contribution is -2.12. The Kier molecular flexibility index (Phi) is 3.95. The fourth-order valence-electron chi connectivity index (χ4n) is 2.45. The smallest absolute Gasteiger partial charge is 0.260 e. The van der Waals surface area contributed by atoms with Crippen molar-refractivity contribution in [3.05, 3.63) is 78.6 Å². The monoisotopic (exact) mass is 347 g/mol. The van der Waals surface area contributed by atoms with Gasteiger partial charge in [0.2, 0.25) is 0 Å². The third-order valence-electron chi connectivity index (χ3n) is 3.76. The molecule has 0 aliphatic heterocycles. The van der Waals surface area contributed by atoms with E-state index < -0.39 is 0 Å². The summed E-state index contributed by atoms with van der Waals surface area (Å²) in [7, 11) is 0. The number of carbonyl (C=O) groups is 2. The van der Waals surface area contributed by atoms with E-state index in [4.69, 9.17) is 8.83 Å². The summed E-state index contributed by atoms with van der Waals surface area (Å²) in [6, 6.07) is 12.0. The van der Waals surface area contributed by atoms with Crippen molar-refractivity contribution >= 4 is 34.2 Å². The molecule has 7 heteroatoms. The van der Waals surface area contributed by atoms with Gasteiger partial charge in [0.25, 0.3) is 11.8 Å². The Balaban J connectivity index is 1.52. The van der Waals surface area contributed by atoms with E-state index in [0.717, 1.165) is 5.39 Å². The lowest BCUT2D eigenvalue weighted by molar-refractivity contribution is 0.101. The molecular weight excluding hydrogens is 334 g/mol. The van der Waals surface area contributed by atoms with E-state index in [1.54, 1.807) is 30.3 Å². The number of hydrogen-bond acceptors (Lipinski definition) is 5. The predicted octanol–water partition coefficient (Wildman–Crippen LogP) is 3.93. The van der Waals surface area contributed by atoms with Gasteiger partial charge in [-0.15, -0.1) is 0 Å². The van der Waals surface area contributed by atoms with Gasteiger partial charge in [-0.3, -0.25) is 9.59 Å². The molecule has 4 rings (SSSR count). The molecule has 0 fully saturated rings. The second-order valence-corrected chi connectivity index (χ2v) is 5.54. The number of aromatic nitrogens is 1. The molecule has 3 aromatic heterocycles. The molecule has 3 heterocycles. The van der Waals surface area contributed by atoms with Crippen LogP contribution in [0.4, 0.5) is 11.5 Å². The van der Waals surface area contributed by atoms with Crippen LogP contribution in [0, 0.1) is 0 Å². The number of fused-ring (bicyclic) bond motifs is 1. The lowest BCUT2D eigenvalue weighted by Gasteiger charge is -2.07. The van der Waals surface area contributed by atoms with E-state index in [-0.39, 0.29) is 11.8 Å². The highest BCUT2D eigenvalue weighted by atomic mass is 16.3. The van der Waals surface area contributed by atoms with Crippen molar-refractivity contribution in [1.29, 1.82) is 0 Å². The summed E-state index contributed by atoms with van der Waals surface area (Å²) in [5.74, 6) is -0.122. The molecule has 0 saturated heterocycles. The maximum Gasteiger partial charge on any atom is 0.260 e. The minimum absolute atomic E-state index is 0.255. The van der Waals surface area contributed by atoms with Crippen molar-refractivity contribution in [2.45, 2.75) is 0 Å². The molecule has 0 bridgehead atoms. The Morgan fingerprint density at radius 1 is 0.808 bits per heavy atom. The molecule has 1 aromatic carbocycles. The van der Waals surface area contributed by atoms with E-state index in [0.29, 0.717) is 28.1 Å². The van der Waals surface area contributed by atoms with Gasteiger partial charge in [-0.05, 0) is 42.5 Å². The summed E-state index contributed by atoms with van der Waals surface area (Å²) in [6.45, 7) is 0.